The van der Waals surface area contributed by atoms with E-state index in [-0.39, 0.29) is 0 Å². The molecule has 1 aromatic heterocycles. The molecule has 0 aliphatic carbocycles. The third-order valence-corrected chi connectivity index (χ3v) is 5.32. The van der Waals surface area contributed by atoms with Crippen LogP contribution in [-0.2, 0) is 6.54 Å². The molecule has 2 heterocycles. The number of aromatic nitrogens is 1. The summed E-state index contributed by atoms with van der Waals surface area (Å²) in [6, 6.07) is 0.640. The van der Waals surface area contributed by atoms with Crippen molar-refractivity contribution in [1.29, 1.82) is 0 Å². The topological polar surface area (TPSA) is 54.2 Å². The Hall–Kier alpha value is -0.490. The van der Waals surface area contributed by atoms with Crippen LogP contribution in [0.25, 0.3) is 0 Å². The largest absolute Gasteiger partial charge is 0.330 e. The van der Waals surface area contributed by atoms with Crippen LogP contribution in [-0.4, -0.2) is 42.1 Å². The van der Waals surface area contributed by atoms with Crippen LogP contribution in [0.2, 0.25) is 0 Å². The average Bonchev–Trinajstić information content (AvgIpc) is 3.05. The summed E-state index contributed by atoms with van der Waals surface area (Å²) in [5.74, 6) is 0.780. The van der Waals surface area contributed by atoms with E-state index >= 15 is 0 Å². The maximum atomic E-state index is 5.69. The van der Waals surface area contributed by atoms with Crippen molar-refractivity contribution in [1.82, 2.24) is 15.2 Å². The zero-order valence-corrected chi connectivity index (χ0v) is 14.5. The van der Waals surface area contributed by atoms with E-state index < -0.39 is 0 Å². The Balaban J connectivity index is 1.84. The van der Waals surface area contributed by atoms with Crippen LogP contribution in [0.15, 0.2) is 11.6 Å². The predicted octanol–water partition coefficient (Wildman–Crippen LogP) is 2.32. The summed E-state index contributed by atoms with van der Waals surface area (Å²) in [6.07, 6.45) is 4.26. The fourth-order valence-electron chi connectivity index (χ4n) is 3.08. The lowest BCUT2D eigenvalue weighted by Crippen LogP contribution is -2.38. The molecule has 3 N–H and O–H groups in total. The zero-order valence-electron chi connectivity index (χ0n) is 13.6. The summed E-state index contributed by atoms with van der Waals surface area (Å²) >= 11 is 1.72. The fourth-order valence-corrected chi connectivity index (χ4v) is 3.66. The molecular weight excluding hydrogens is 280 g/mol. The van der Waals surface area contributed by atoms with Crippen molar-refractivity contribution in [2.45, 2.75) is 46.2 Å². The number of nitrogens with two attached hydrogens (primary N) is 1. The van der Waals surface area contributed by atoms with Gasteiger partial charge in [-0.05, 0) is 37.3 Å². The van der Waals surface area contributed by atoms with Crippen molar-refractivity contribution < 1.29 is 0 Å². The zero-order chi connectivity index (χ0) is 15.3. The highest BCUT2D eigenvalue weighted by Crippen LogP contribution is 2.36. The smallest absolute Gasteiger partial charge is 0.106 e. The number of hydrogen-bond acceptors (Lipinski definition) is 5. The van der Waals surface area contributed by atoms with Crippen LogP contribution in [0.3, 0.4) is 0 Å². The van der Waals surface area contributed by atoms with Gasteiger partial charge in [-0.3, -0.25) is 4.90 Å². The first kappa shape index (κ1) is 16.9. The van der Waals surface area contributed by atoms with Crippen molar-refractivity contribution >= 4 is 11.3 Å². The minimum Gasteiger partial charge on any atom is -0.330 e. The van der Waals surface area contributed by atoms with Gasteiger partial charge in [0.1, 0.15) is 5.01 Å². The number of nitrogens with zero attached hydrogens (tertiary/aromatic N) is 2. The van der Waals surface area contributed by atoms with Crippen molar-refractivity contribution in [3.8, 4) is 0 Å². The quantitative estimate of drug-likeness (QED) is 0.811. The van der Waals surface area contributed by atoms with Gasteiger partial charge >= 0.3 is 0 Å². The van der Waals surface area contributed by atoms with Crippen LogP contribution < -0.4 is 11.1 Å². The number of thiazole rings is 1. The number of hydrogen-bond donors (Lipinski definition) is 2. The second-order valence-corrected chi connectivity index (χ2v) is 8.13. The second-order valence-electron chi connectivity index (χ2n) is 7.15. The molecule has 0 spiro atoms. The number of likely N-dealkylation sites (tertiary alicyclic amines) is 1. The van der Waals surface area contributed by atoms with Crippen molar-refractivity contribution in [2.75, 3.05) is 26.2 Å². The molecule has 1 aromatic rings. The Morgan fingerprint density at radius 2 is 2.29 bits per heavy atom. The normalized spacial score (nSPS) is 23.8. The van der Waals surface area contributed by atoms with E-state index in [0.29, 0.717) is 11.5 Å². The van der Waals surface area contributed by atoms with E-state index in [0.717, 1.165) is 38.5 Å². The Morgan fingerprint density at radius 3 is 2.90 bits per heavy atom. The standard InChI is InChI=1S/C16H30N4S/c1-16(2,3)13-9-14(20(12-13)7-4-5-17)10-18-11-15-19-6-8-21-15/h6,8,13-14,18H,4-5,7,9-12,17H2,1-3H3/t13?,14-/m0/s1. The Bertz CT molecular complexity index is 399. The first-order chi connectivity index (χ1) is 10.0. The minimum atomic E-state index is 0.394. The van der Waals surface area contributed by atoms with E-state index in [9.17, 15) is 0 Å². The predicted molar refractivity (Wildman–Crippen MR) is 90.4 cm³/mol. The summed E-state index contributed by atoms with van der Waals surface area (Å²) in [7, 11) is 0. The molecule has 5 heteroatoms. The third kappa shape index (κ3) is 5.02. The van der Waals surface area contributed by atoms with Gasteiger partial charge in [0.2, 0.25) is 0 Å². The van der Waals surface area contributed by atoms with E-state index in [1.54, 1.807) is 11.3 Å². The van der Waals surface area contributed by atoms with E-state index in [1.165, 1.54) is 18.0 Å². The van der Waals surface area contributed by atoms with Gasteiger partial charge in [0.25, 0.3) is 0 Å². The molecule has 0 bridgehead atoms. The molecule has 1 saturated heterocycles. The molecule has 0 amide bonds. The van der Waals surface area contributed by atoms with Crippen molar-refractivity contribution in [3.05, 3.63) is 16.6 Å². The van der Waals surface area contributed by atoms with Gasteiger partial charge in [-0.25, -0.2) is 4.98 Å². The van der Waals surface area contributed by atoms with Gasteiger partial charge in [-0.15, -0.1) is 11.3 Å². The molecule has 1 aliphatic heterocycles. The molecule has 2 atom stereocenters. The van der Waals surface area contributed by atoms with Gasteiger partial charge in [0.05, 0.1) is 0 Å². The van der Waals surface area contributed by atoms with Crippen LogP contribution >= 0.6 is 11.3 Å². The maximum absolute atomic E-state index is 5.69. The van der Waals surface area contributed by atoms with Gasteiger partial charge < -0.3 is 11.1 Å². The van der Waals surface area contributed by atoms with E-state index in [4.69, 9.17) is 5.73 Å². The lowest BCUT2D eigenvalue weighted by atomic mass is 9.79. The lowest BCUT2D eigenvalue weighted by molar-refractivity contribution is 0.216. The van der Waals surface area contributed by atoms with Crippen molar-refractivity contribution in [2.24, 2.45) is 17.1 Å². The average molecular weight is 311 g/mol. The Kier molecular flexibility index (Phi) is 6.17. The molecule has 0 radical (unpaired) electrons. The number of nitrogens with one attached hydrogen (secondary N) is 1. The molecular formula is C16H30N4S. The van der Waals surface area contributed by atoms with E-state index in [2.05, 4.69) is 36.0 Å². The van der Waals surface area contributed by atoms with Crippen LogP contribution in [0.5, 0.6) is 0 Å². The van der Waals surface area contributed by atoms with Gasteiger partial charge in [-0.1, -0.05) is 20.8 Å². The summed E-state index contributed by atoms with van der Waals surface area (Å²) in [6.45, 7) is 12.2. The summed E-state index contributed by atoms with van der Waals surface area (Å²) in [4.78, 5) is 6.97. The summed E-state index contributed by atoms with van der Waals surface area (Å²) < 4.78 is 0. The molecule has 1 unspecified atom stereocenters. The summed E-state index contributed by atoms with van der Waals surface area (Å²) in [5.41, 5.74) is 6.08. The molecule has 4 nitrogen and oxygen atoms in total. The fraction of sp³-hybridized carbons (Fsp3) is 0.812. The van der Waals surface area contributed by atoms with Crippen LogP contribution in [0, 0.1) is 11.3 Å². The molecule has 1 aliphatic rings. The molecule has 0 aromatic carbocycles. The molecule has 21 heavy (non-hydrogen) atoms. The molecule has 1 fully saturated rings. The first-order valence-corrected chi connectivity index (χ1v) is 8.92. The molecule has 2 rings (SSSR count). The van der Waals surface area contributed by atoms with Crippen molar-refractivity contribution in [3.63, 3.8) is 0 Å². The number of rotatable bonds is 7. The minimum absolute atomic E-state index is 0.394. The monoisotopic (exact) mass is 310 g/mol. The SMILES string of the molecule is CC(C)(C)C1C[C@@H](CNCc2nccs2)N(CCCN)C1. The highest BCUT2D eigenvalue weighted by molar-refractivity contribution is 7.09. The third-order valence-electron chi connectivity index (χ3n) is 4.54. The highest BCUT2D eigenvalue weighted by atomic mass is 32.1. The second kappa shape index (κ2) is 7.68. The van der Waals surface area contributed by atoms with Crippen LogP contribution in [0.4, 0.5) is 0 Å². The summed E-state index contributed by atoms with van der Waals surface area (Å²) in [5, 5.41) is 6.80. The van der Waals surface area contributed by atoms with Gasteiger partial charge in [0.15, 0.2) is 0 Å². The van der Waals surface area contributed by atoms with Gasteiger partial charge in [-0.2, -0.15) is 0 Å². The first-order valence-electron chi connectivity index (χ1n) is 8.04. The lowest BCUT2D eigenvalue weighted by Gasteiger charge is -2.27. The van der Waals surface area contributed by atoms with Crippen LogP contribution in [0.1, 0.15) is 38.6 Å². The maximum Gasteiger partial charge on any atom is 0.106 e. The molecule has 120 valence electrons. The highest BCUT2D eigenvalue weighted by Gasteiger charge is 2.37. The Labute approximate surface area is 133 Å². The van der Waals surface area contributed by atoms with E-state index in [1.807, 2.05) is 11.6 Å². The van der Waals surface area contributed by atoms with Gasteiger partial charge in [0, 0.05) is 37.3 Å². The Morgan fingerprint density at radius 1 is 1.48 bits per heavy atom. The molecule has 0 saturated carbocycles.